The van der Waals surface area contributed by atoms with E-state index < -0.39 is 11.6 Å². The zero-order valence-electron chi connectivity index (χ0n) is 12.3. The second kappa shape index (κ2) is 6.04. The van der Waals surface area contributed by atoms with Gasteiger partial charge in [0.25, 0.3) is 0 Å². The summed E-state index contributed by atoms with van der Waals surface area (Å²) in [6.45, 7) is 6.42. The minimum absolute atomic E-state index is 0.00239. The summed E-state index contributed by atoms with van der Waals surface area (Å²) < 4.78 is 23.4. The standard InChI is InChI=1S/C15H23NO5/c1-2-5-16-13(17)10-12-3-4-14(18-6-7-19-14)11-15(12)20-8-9-21-15/h2,12H,1,3-11H2,(H,16,17). The second-order valence-corrected chi connectivity index (χ2v) is 5.83. The molecule has 2 heterocycles. The van der Waals surface area contributed by atoms with Crippen molar-refractivity contribution in [3.8, 4) is 0 Å². The van der Waals surface area contributed by atoms with Crippen molar-refractivity contribution in [3.63, 3.8) is 0 Å². The zero-order chi connectivity index (χ0) is 14.8. The fraction of sp³-hybridized carbons (Fsp3) is 0.800. The Morgan fingerprint density at radius 3 is 2.52 bits per heavy atom. The van der Waals surface area contributed by atoms with Crippen LogP contribution >= 0.6 is 0 Å². The molecule has 6 nitrogen and oxygen atoms in total. The molecule has 2 aliphatic heterocycles. The molecule has 0 aromatic rings. The van der Waals surface area contributed by atoms with Crippen LogP contribution in [0.3, 0.4) is 0 Å². The number of hydrogen-bond acceptors (Lipinski definition) is 5. The number of hydrogen-bond donors (Lipinski definition) is 1. The largest absolute Gasteiger partial charge is 0.353 e. The summed E-state index contributed by atoms with van der Waals surface area (Å²) >= 11 is 0. The van der Waals surface area contributed by atoms with Gasteiger partial charge in [-0.1, -0.05) is 6.08 Å². The van der Waals surface area contributed by atoms with Crippen LogP contribution in [0.2, 0.25) is 0 Å². The quantitative estimate of drug-likeness (QED) is 0.783. The average Bonchev–Trinajstić information content (AvgIpc) is 3.11. The Balaban J connectivity index is 1.68. The molecule has 3 rings (SSSR count). The lowest BCUT2D eigenvalue weighted by Gasteiger charge is -2.46. The summed E-state index contributed by atoms with van der Waals surface area (Å²) in [6.07, 6.45) is 4.18. The van der Waals surface area contributed by atoms with Crippen LogP contribution in [0.1, 0.15) is 25.7 Å². The Hall–Kier alpha value is -0.950. The maximum Gasteiger partial charge on any atom is 0.220 e. The van der Waals surface area contributed by atoms with Gasteiger partial charge >= 0.3 is 0 Å². The molecule has 1 atom stereocenters. The monoisotopic (exact) mass is 297 g/mol. The number of carbonyl (C=O) groups excluding carboxylic acids is 1. The van der Waals surface area contributed by atoms with Crippen molar-refractivity contribution in [2.75, 3.05) is 33.0 Å². The van der Waals surface area contributed by atoms with Gasteiger partial charge in [-0.15, -0.1) is 6.58 Å². The Morgan fingerprint density at radius 1 is 1.19 bits per heavy atom. The molecule has 1 unspecified atom stereocenters. The molecule has 1 amide bonds. The smallest absolute Gasteiger partial charge is 0.220 e. The lowest BCUT2D eigenvalue weighted by atomic mass is 9.77. The Bertz CT molecular complexity index is 399. The Kier molecular flexibility index (Phi) is 4.31. The van der Waals surface area contributed by atoms with Gasteiger partial charge in [0, 0.05) is 25.3 Å². The van der Waals surface area contributed by atoms with Gasteiger partial charge in [0.15, 0.2) is 11.6 Å². The minimum atomic E-state index is -0.742. The topological polar surface area (TPSA) is 66.0 Å². The van der Waals surface area contributed by atoms with Crippen molar-refractivity contribution in [2.24, 2.45) is 5.92 Å². The highest BCUT2D eigenvalue weighted by atomic mass is 16.8. The van der Waals surface area contributed by atoms with E-state index >= 15 is 0 Å². The summed E-state index contributed by atoms with van der Waals surface area (Å²) in [6, 6.07) is 0. The predicted molar refractivity (Wildman–Crippen MR) is 74.4 cm³/mol. The molecule has 1 saturated carbocycles. The molecule has 0 aromatic heterocycles. The number of carbonyl (C=O) groups is 1. The van der Waals surface area contributed by atoms with E-state index in [4.69, 9.17) is 18.9 Å². The molecular formula is C15H23NO5. The maximum atomic E-state index is 12.0. The maximum absolute atomic E-state index is 12.0. The molecule has 2 saturated heterocycles. The molecular weight excluding hydrogens is 274 g/mol. The van der Waals surface area contributed by atoms with E-state index in [1.807, 2.05) is 0 Å². The van der Waals surface area contributed by atoms with Crippen LogP contribution in [0, 0.1) is 5.92 Å². The molecule has 2 spiro atoms. The first-order valence-corrected chi connectivity index (χ1v) is 7.61. The molecule has 1 aliphatic carbocycles. The van der Waals surface area contributed by atoms with E-state index in [0.29, 0.717) is 45.8 Å². The van der Waals surface area contributed by atoms with Gasteiger partial charge < -0.3 is 24.3 Å². The van der Waals surface area contributed by atoms with Gasteiger partial charge in [0.2, 0.25) is 5.91 Å². The first kappa shape index (κ1) is 15.0. The first-order chi connectivity index (χ1) is 10.2. The molecule has 0 aromatic carbocycles. The van der Waals surface area contributed by atoms with E-state index in [1.54, 1.807) is 6.08 Å². The summed E-state index contributed by atoms with van der Waals surface area (Å²) in [4.78, 5) is 12.0. The molecule has 0 radical (unpaired) electrons. The third-order valence-corrected chi connectivity index (χ3v) is 4.48. The van der Waals surface area contributed by atoms with E-state index in [9.17, 15) is 4.79 Å². The first-order valence-electron chi connectivity index (χ1n) is 7.61. The Morgan fingerprint density at radius 2 is 1.86 bits per heavy atom. The van der Waals surface area contributed by atoms with Gasteiger partial charge in [0.1, 0.15) is 0 Å². The lowest BCUT2D eigenvalue weighted by molar-refractivity contribution is -0.295. The van der Waals surface area contributed by atoms with Gasteiger partial charge in [0.05, 0.1) is 32.8 Å². The summed E-state index contributed by atoms with van der Waals surface area (Å²) in [7, 11) is 0. The molecule has 1 N–H and O–H groups in total. The molecule has 21 heavy (non-hydrogen) atoms. The minimum Gasteiger partial charge on any atom is -0.353 e. The number of ether oxygens (including phenoxy) is 4. The van der Waals surface area contributed by atoms with Crippen LogP contribution in [0.15, 0.2) is 12.7 Å². The van der Waals surface area contributed by atoms with Crippen LogP contribution in [0.5, 0.6) is 0 Å². The highest BCUT2D eigenvalue weighted by Crippen LogP contribution is 2.49. The highest BCUT2D eigenvalue weighted by molar-refractivity contribution is 5.76. The van der Waals surface area contributed by atoms with Gasteiger partial charge in [-0.3, -0.25) is 4.79 Å². The van der Waals surface area contributed by atoms with Crippen molar-refractivity contribution < 1.29 is 23.7 Å². The Labute approximate surface area is 124 Å². The molecule has 3 fully saturated rings. The summed E-state index contributed by atoms with van der Waals surface area (Å²) in [5.74, 6) is -1.29. The highest BCUT2D eigenvalue weighted by Gasteiger charge is 2.56. The average molecular weight is 297 g/mol. The van der Waals surface area contributed by atoms with Crippen molar-refractivity contribution in [2.45, 2.75) is 37.3 Å². The summed E-state index contributed by atoms with van der Waals surface area (Å²) in [5.41, 5.74) is 0. The number of rotatable bonds is 4. The number of nitrogens with one attached hydrogen (secondary N) is 1. The van der Waals surface area contributed by atoms with E-state index in [-0.39, 0.29) is 11.8 Å². The molecule has 3 aliphatic rings. The predicted octanol–water partition coefficient (Wildman–Crippen LogP) is 0.965. The normalized spacial score (nSPS) is 29.8. The van der Waals surface area contributed by atoms with Gasteiger partial charge in [-0.25, -0.2) is 0 Å². The summed E-state index contributed by atoms with van der Waals surface area (Å²) in [5, 5.41) is 2.82. The van der Waals surface area contributed by atoms with Crippen LogP contribution in [0.4, 0.5) is 0 Å². The lowest BCUT2D eigenvalue weighted by Crippen LogP contribution is -2.53. The van der Waals surface area contributed by atoms with Crippen molar-refractivity contribution in [3.05, 3.63) is 12.7 Å². The zero-order valence-corrected chi connectivity index (χ0v) is 12.3. The van der Waals surface area contributed by atoms with E-state index in [0.717, 1.165) is 12.8 Å². The molecule has 118 valence electrons. The van der Waals surface area contributed by atoms with E-state index in [1.165, 1.54) is 0 Å². The second-order valence-electron chi connectivity index (χ2n) is 5.83. The van der Waals surface area contributed by atoms with Gasteiger partial charge in [-0.05, 0) is 6.42 Å². The van der Waals surface area contributed by atoms with Crippen molar-refractivity contribution in [1.29, 1.82) is 0 Å². The third-order valence-electron chi connectivity index (χ3n) is 4.48. The third kappa shape index (κ3) is 2.99. The molecule has 6 heteroatoms. The van der Waals surface area contributed by atoms with Crippen LogP contribution in [-0.2, 0) is 23.7 Å². The van der Waals surface area contributed by atoms with Crippen molar-refractivity contribution in [1.82, 2.24) is 5.32 Å². The SMILES string of the molecule is C=CCNC(=O)CC1CCC2(CC13OCCO3)OCCO2. The van der Waals surface area contributed by atoms with Crippen LogP contribution in [0.25, 0.3) is 0 Å². The van der Waals surface area contributed by atoms with Crippen LogP contribution in [-0.4, -0.2) is 50.5 Å². The fourth-order valence-corrected chi connectivity index (χ4v) is 3.51. The van der Waals surface area contributed by atoms with Crippen molar-refractivity contribution >= 4 is 5.91 Å². The van der Waals surface area contributed by atoms with Gasteiger partial charge in [-0.2, -0.15) is 0 Å². The number of amides is 1. The van der Waals surface area contributed by atoms with E-state index in [2.05, 4.69) is 11.9 Å². The fourth-order valence-electron chi connectivity index (χ4n) is 3.51. The molecule has 0 bridgehead atoms. The van der Waals surface area contributed by atoms with Crippen LogP contribution < -0.4 is 5.32 Å².